The van der Waals surface area contributed by atoms with Gasteiger partial charge in [-0.15, -0.1) is 12.4 Å². The van der Waals surface area contributed by atoms with Crippen molar-refractivity contribution in [2.45, 2.75) is 26.3 Å². The van der Waals surface area contributed by atoms with Gasteiger partial charge in [0.15, 0.2) is 0 Å². The number of ether oxygens (including phenoxy) is 1. The van der Waals surface area contributed by atoms with Crippen LogP contribution in [0.25, 0.3) is 0 Å². The number of nitrogens with one attached hydrogen (secondary N) is 1. The molecule has 0 aliphatic heterocycles. The zero-order chi connectivity index (χ0) is 15.1. The molecular weight excluding hydrogens is 294 g/mol. The number of primary amides is 1. The van der Waals surface area contributed by atoms with Crippen LogP contribution in [-0.2, 0) is 9.59 Å². The van der Waals surface area contributed by atoms with E-state index in [1.54, 1.807) is 24.3 Å². The third-order valence-electron chi connectivity index (χ3n) is 2.76. The topological polar surface area (TPSA) is 107 Å². The van der Waals surface area contributed by atoms with E-state index in [9.17, 15) is 9.59 Å². The molecule has 1 unspecified atom stereocenters. The minimum atomic E-state index is -0.540. The summed E-state index contributed by atoms with van der Waals surface area (Å²) in [5.41, 5.74) is 11.4. The third kappa shape index (κ3) is 6.97. The van der Waals surface area contributed by atoms with Crippen molar-refractivity contribution in [2.75, 3.05) is 11.9 Å². The van der Waals surface area contributed by atoms with Crippen molar-refractivity contribution in [2.24, 2.45) is 17.4 Å². The van der Waals surface area contributed by atoms with Crippen LogP contribution >= 0.6 is 12.4 Å². The van der Waals surface area contributed by atoms with E-state index < -0.39 is 11.9 Å². The number of carbonyl (C=O) groups excluding carboxylic acids is 2. The molecule has 0 saturated heterocycles. The number of nitrogens with two attached hydrogens (primary N) is 2. The van der Waals surface area contributed by atoms with Gasteiger partial charge < -0.3 is 21.5 Å². The zero-order valence-corrected chi connectivity index (χ0v) is 13.0. The summed E-state index contributed by atoms with van der Waals surface area (Å²) >= 11 is 0. The smallest absolute Gasteiger partial charge is 0.241 e. The summed E-state index contributed by atoms with van der Waals surface area (Å²) < 4.78 is 5.32. The monoisotopic (exact) mass is 315 g/mol. The van der Waals surface area contributed by atoms with Crippen molar-refractivity contribution in [1.29, 1.82) is 0 Å². The summed E-state index contributed by atoms with van der Waals surface area (Å²) in [6.07, 6.45) is 0.168. The van der Waals surface area contributed by atoms with Gasteiger partial charge >= 0.3 is 0 Å². The van der Waals surface area contributed by atoms with Crippen molar-refractivity contribution in [3.05, 3.63) is 24.3 Å². The number of benzene rings is 1. The van der Waals surface area contributed by atoms with E-state index >= 15 is 0 Å². The molecule has 0 fully saturated rings. The van der Waals surface area contributed by atoms with Crippen molar-refractivity contribution < 1.29 is 14.3 Å². The predicted molar refractivity (Wildman–Crippen MR) is 84.4 cm³/mol. The molecule has 0 radical (unpaired) electrons. The first-order chi connectivity index (χ1) is 9.40. The van der Waals surface area contributed by atoms with Gasteiger partial charge in [0.25, 0.3) is 0 Å². The molecule has 6 nitrogen and oxygen atoms in total. The van der Waals surface area contributed by atoms with Gasteiger partial charge in [-0.2, -0.15) is 0 Å². The number of anilines is 1. The molecule has 1 atom stereocenters. The highest BCUT2D eigenvalue weighted by Gasteiger charge is 2.16. The number of halogens is 1. The lowest BCUT2D eigenvalue weighted by Crippen LogP contribution is -2.39. The van der Waals surface area contributed by atoms with Crippen LogP contribution in [0.5, 0.6) is 5.75 Å². The van der Waals surface area contributed by atoms with E-state index in [-0.39, 0.29) is 37.3 Å². The Morgan fingerprint density at radius 2 is 1.81 bits per heavy atom. The Bertz CT molecular complexity index is 463. The van der Waals surface area contributed by atoms with Crippen LogP contribution in [0.2, 0.25) is 0 Å². The van der Waals surface area contributed by atoms with Gasteiger partial charge in [0.1, 0.15) is 5.75 Å². The van der Waals surface area contributed by atoms with Gasteiger partial charge in [0.05, 0.1) is 19.1 Å². The van der Waals surface area contributed by atoms with Crippen LogP contribution in [0.3, 0.4) is 0 Å². The lowest BCUT2D eigenvalue weighted by molar-refractivity contribution is -0.119. The summed E-state index contributed by atoms with van der Waals surface area (Å²) in [5.74, 6) is 0.0581. The first kappa shape index (κ1) is 19.2. The van der Waals surface area contributed by atoms with Crippen LogP contribution in [0.1, 0.15) is 20.3 Å². The fourth-order valence-corrected chi connectivity index (χ4v) is 1.43. The highest BCUT2D eigenvalue weighted by atomic mass is 35.5. The van der Waals surface area contributed by atoms with Gasteiger partial charge in [0.2, 0.25) is 11.8 Å². The molecule has 0 aliphatic rings. The Labute approximate surface area is 130 Å². The number of hydrogen-bond donors (Lipinski definition) is 3. The number of hydrogen-bond acceptors (Lipinski definition) is 4. The molecule has 21 heavy (non-hydrogen) atoms. The van der Waals surface area contributed by atoms with Gasteiger partial charge in [-0.3, -0.25) is 9.59 Å². The second kappa shape index (κ2) is 9.20. The van der Waals surface area contributed by atoms with Crippen LogP contribution in [0.4, 0.5) is 5.69 Å². The molecular formula is C14H22ClN3O3. The molecule has 2 amide bonds. The Hall–Kier alpha value is -1.79. The van der Waals surface area contributed by atoms with E-state index in [2.05, 4.69) is 5.32 Å². The average Bonchev–Trinajstić information content (AvgIpc) is 2.39. The Morgan fingerprint density at radius 3 is 2.29 bits per heavy atom. The van der Waals surface area contributed by atoms with Gasteiger partial charge in [-0.1, -0.05) is 13.8 Å². The standard InChI is InChI=1S/C14H21N3O3.ClH/c1-9(2)13(16)14(19)17-10-3-5-11(6-4-10)20-8-7-12(15)18;/h3-6,9,13H,7-8,16H2,1-2H3,(H2,15,18)(H,17,19);1H. The number of rotatable bonds is 7. The average molecular weight is 316 g/mol. The fraction of sp³-hybridized carbons (Fsp3) is 0.429. The second-order valence-electron chi connectivity index (χ2n) is 4.85. The van der Waals surface area contributed by atoms with Crippen LogP contribution in [-0.4, -0.2) is 24.5 Å². The van der Waals surface area contributed by atoms with Gasteiger partial charge in [-0.25, -0.2) is 0 Å². The highest BCUT2D eigenvalue weighted by molar-refractivity contribution is 5.94. The van der Waals surface area contributed by atoms with E-state index in [1.165, 1.54) is 0 Å². The molecule has 118 valence electrons. The number of amides is 2. The third-order valence-corrected chi connectivity index (χ3v) is 2.76. The van der Waals surface area contributed by atoms with E-state index in [0.29, 0.717) is 11.4 Å². The molecule has 1 aromatic carbocycles. The minimum Gasteiger partial charge on any atom is -0.493 e. The summed E-state index contributed by atoms with van der Waals surface area (Å²) in [6, 6.07) is 6.30. The molecule has 1 aromatic rings. The molecule has 0 spiro atoms. The maximum Gasteiger partial charge on any atom is 0.241 e. The summed E-state index contributed by atoms with van der Waals surface area (Å²) in [5, 5.41) is 2.73. The molecule has 0 aliphatic carbocycles. The van der Waals surface area contributed by atoms with E-state index in [0.717, 1.165) is 0 Å². The molecule has 1 rings (SSSR count). The summed E-state index contributed by atoms with van der Waals surface area (Å²) in [4.78, 5) is 22.3. The van der Waals surface area contributed by atoms with Crippen molar-refractivity contribution in [1.82, 2.24) is 0 Å². The van der Waals surface area contributed by atoms with Crippen molar-refractivity contribution in [3.63, 3.8) is 0 Å². The lowest BCUT2D eigenvalue weighted by atomic mass is 10.1. The normalized spacial score (nSPS) is 11.4. The minimum absolute atomic E-state index is 0. The first-order valence-corrected chi connectivity index (χ1v) is 6.47. The quantitative estimate of drug-likeness (QED) is 0.704. The van der Waals surface area contributed by atoms with Crippen LogP contribution in [0, 0.1) is 5.92 Å². The maximum absolute atomic E-state index is 11.8. The molecule has 5 N–H and O–H groups in total. The Kier molecular flexibility index (Phi) is 8.42. The van der Waals surface area contributed by atoms with Crippen molar-refractivity contribution in [3.8, 4) is 5.75 Å². The Morgan fingerprint density at radius 1 is 1.24 bits per heavy atom. The summed E-state index contributed by atoms with van der Waals surface area (Å²) in [7, 11) is 0. The van der Waals surface area contributed by atoms with E-state index in [4.69, 9.17) is 16.2 Å². The lowest BCUT2D eigenvalue weighted by Gasteiger charge is -2.15. The predicted octanol–water partition coefficient (Wildman–Crippen LogP) is 1.28. The van der Waals surface area contributed by atoms with Crippen LogP contribution in [0.15, 0.2) is 24.3 Å². The highest BCUT2D eigenvalue weighted by Crippen LogP contribution is 2.16. The van der Waals surface area contributed by atoms with Crippen molar-refractivity contribution >= 4 is 29.9 Å². The molecule has 0 aromatic heterocycles. The summed E-state index contributed by atoms with van der Waals surface area (Å²) in [6.45, 7) is 4.01. The second-order valence-corrected chi connectivity index (χ2v) is 4.85. The first-order valence-electron chi connectivity index (χ1n) is 6.47. The van der Waals surface area contributed by atoms with Crippen LogP contribution < -0.4 is 21.5 Å². The SMILES string of the molecule is CC(C)C(N)C(=O)Nc1ccc(OCCC(N)=O)cc1.Cl. The molecule has 7 heteroatoms. The largest absolute Gasteiger partial charge is 0.493 e. The van der Waals surface area contributed by atoms with Gasteiger partial charge in [0, 0.05) is 5.69 Å². The number of carbonyl (C=O) groups is 2. The Balaban J connectivity index is 0.00000400. The zero-order valence-electron chi connectivity index (χ0n) is 12.2. The van der Waals surface area contributed by atoms with Gasteiger partial charge in [-0.05, 0) is 30.2 Å². The fourth-order valence-electron chi connectivity index (χ4n) is 1.43. The maximum atomic E-state index is 11.8. The van der Waals surface area contributed by atoms with E-state index in [1.807, 2.05) is 13.8 Å². The molecule has 0 saturated carbocycles. The molecule has 0 bridgehead atoms. The molecule has 0 heterocycles.